The Bertz CT molecular complexity index is 1330. The lowest BCUT2D eigenvalue weighted by atomic mass is 9.90. The predicted octanol–water partition coefficient (Wildman–Crippen LogP) is 7.23. The third kappa shape index (κ3) is 2.10. The van der Waals surface area contributed by atoms with Gasteiger partial charge < -0.3 is 0 Å². The summed E-state index contributed by atoms with van der Waals surface area (Å²) in [6, 6.07) is 35.4. The minimum absolute atomic E-state index is 1.00. The Morgan fingerprint density at radius 2 is 1.19 bits per heavy atom. The summed E-state index contributed by atoms with van der Waals surface area (Å²) in [5, 5.41) is 5.39. The summed E-state index contributed by atoms with van der Waals surface area (Å²) >= 11 is 0. The van der Waals surface area contributed by atoms with Gasteiger partial charge in [-0.3, -0.25) is 0 Å². The molecule has 1 aliphatic carbocycles. The second kappa shape index (κ2) is 5.56. The van der Waals surface area contributed by atoms with Gasteiger partial charge in [0, 0.05) is 0 Å². The van der Waals surface area contributed by atoms with Gasteiger partial charge in [-0.15, -0.1) is 0 Å². The molecule has 1 aliphatic rings. The summed E-state index contributed by atoms with van der Waals surface area (Å²) in [4.78, 5) is 0. The predicted molar refractivity (Wildman–Crippen MR) is 115 cm³/mol. The van der Waals surface area contributed by atoms with E-state index in [0.29, 0.717) is 0 Å². The van der Waals surface area contributed by atoms with Crippen LogP contribution in [0.3, 0.4) is 0 Å². The molecular formula is C27H18. The molecule has 0 radical (unpaired) electrons. The van der Waals surface area contributed by atoms with E-state index in [4.69, 9.17) is 0 Å². The molecule has 27 heavy (non-hydrogen) atoms. The van der Waals surface area contributed by atoms with Gasteiger partial charge in [0.2, 0.25) is 0 Å². The molecule has 5 aromatic rings. The molecule has 0 atom stereocenters. The van der Waals surface area contributed by atoms with Crippen LogP contribution in [0.15, 0.2) is 97.1 Å². The summed E-state index contributed by atoms with van der Waals surface area (Å²) in [6.45, 7) is 0. The molecule has 0 aliphatic heterocycles. The minimum atomic E-state index is 1.00. The third-order valence-electron chi connectivity index (χ3n) is 5.91. The van der Waals surface area contributed by atoms with Crippen LogP contribution in [0.2, 0.25) is 0 Å². The molecule has 6 rings (SSSR count). The van der Waals surface area contributed by atoms with Gasteiger partial charge in [0.15, 0.2) is 0 Å². The molecule has 0 fully saturated rings. The van der Waals surface area contributed by atoms with Crippen LogP contribution in [0.25, 0.3) is 43.8 Å². The van der Waals surface area contributed by atoms with Crippen molar-refractivity contribution in [2.45, 2.75) is 6.42 Å². The molecule has 0 aromatic heterocycles. The third-order valence-corrected chi connectivity index (χ3v) is 5.91. The fourth-order valence-corrected chi connectivity index (χ4v) is 4.69. The van der Waals surface area contributed by atoms with Gasteiger partial charge >= 0.3 is 0 Å². The Hall–Kier alpha value is -3.38. The Morgan fingerprint density at radius 1 is 0.481 bits per heavy atom. The lowest BCUT2D eigenvalue weighted by molar-refractivity contribution is 1.29. The molecule has 0 amide bonds. The first-order valence-corrected chi connectivity index (χ1v) is 9.51. The van der Waals surface area contributed by atoms with Crippen LogP contribution in [-0.2, 0) is 6.42 Å². The molecule has 0 heteroatoms. The van der Waals surface area contributed by atoms with E-state index in [1.165, 1.54) is 54.9 Å². The molecule has 0 bridgehead atoms. The smallest absolute Gasteiger partial charge is 0.0000885 e. The first kappa shape index (κ1) is 14.8. The molecule has 126 valence electrons. The highest BCUT2D eigenvalue weighted by Gasteiger charge is 2.25. The molecular weight excluding hydrogens is 324 g/mol. The van der Waals surface area contributed by atoms with Crippen molar-refractivity contribution in [2.75, 3.05) is 0 Å². The van der Waals surface area contributed by atoms with Gasteiger partial charge in [0.1, 0.15) is 0 Å². The standard InChI is InChI=1S/C27H18/c1-2-8-18(9-3-1)24-16-20-11-5-7-13-22(20)27-23-15-14-19-10-4-6-12-21(19)25(23)17-26(24)27/h1-16H,17H2. The first-order valence-electron chi connectivity index (χ1n) is 9.51. The number of benzene rings is 5. The fraction of sp³-hybridized carbons (Fsp3) is 0.0370. The molecule has 0 heterocycles. The van der Waals surface area contributed by atoms with Crippen molar-refractivity contribution in [1.29, 1.82) is 0 Å². The number of fused-ring (bicyclic) bond motifs is 7. The summed E-state index contributed by atoms with van der Waals surface area (Å²) < 4.78 is 0. The van der Waals surface area contributed by atoms with E-state index in [2.05, 4.69) is 97.1 Å². The van der Waals surface area contributed by atoms with Crippen molar-refractivity contribution < 1.29 is 0 Å². The summed E-state index contributed by atoms with van der Waals surface area (Å²) in [7, 11) is 0. The average molecular weight is 342 g/mol. The van der Waals surface area contributed by atoms with Crippen molar-refractivity contribution in [3.8, 4) is 22.3 Å². The SMILES string of the molecule is c1ccc(-c2cc3ccccc3c3c2Cc2c-3ccc3ccccc23)cc1. The van der Waals surface area contributed by atoms with Gasteiger partial charge in [-0.25, -0.2) is 0 Å². The summed E-state index contributed by atoms with van der Waals surface area (Å²) in [6.07, 6.45) is 1.00. The maximum absolute atomic E-state index is 2.37. The van der Waals surface area contributed by atoms with Gasteiger partial charge in [0.05, 0.1) is 0 Å². The Kier molecular flexibility index (Phi) is 3.04. The molecule has 0 N–H and O–H groups in total. The van der Waals surface area contributed by atoms with Crippen LogP contribution in [0.4, 0.5) is 0 Å². The van der Waals surface area contributed by atoms with Gasteiger partial charge in [-0.2, -0.15) is 0 Å². The molecule has 0 saturated heterocycles. The second-order valence-corrected chi connectivity index (χ2v) is 7.35. The largest absolute Gasteiger partial charge is 0.0622 e. The number of hydrogen-bond donors (Lipinski definition) is 0. The quantitative estimate of drug-likeness (QED) is 0.296. The minimum Gasteiger partial charge on any atom is -0.0622 e. The monoisotopic (exact) mass is 342 g/mol. The van der Waals surface area contributed by atoms with Crippen molar-refractivity contribution in [3.63, 3.8) is 0 Å². The number of hydrogen-bond acceptors (Lipinski definition) is 0. The van der Waals surface area contributed by atoms with E-state index in [1.54, 1.807) is 0 Å². The van der Waals surface area contributed by atoms with E-state index >= 15 is 0 Å². The highest BCUT2D eigenvalue weighted by atomic mass is 14.3. The van der Waals surface area contributed by atoms with Crippen LogP contribution < -0.4 is 0 Å². The lowest BCUT2D eigenvalue weighted by Gasteiger charge is -2.13. The van der Waals surface area contributed by atoms with E-state index < -0.39 is 0 Å². The fourth-order valence-electron chi connectivity index (χ4n) is 4.69. The zero-order valence-corrected chi connectivity index (χ0v) is 14.9. The molecule has 0 saturated carbocycles. The zero-order chi connectivity index (χ0) is 17.8. The highest BCUT2D eigenvalue weighted by Crippen LogP contribution is 2.47. The molecule has 0 spiro atoms. The van der Waals surface area contributed by atoms with Crippen molar-refractivity contribution in [1.82, 2.24) is 0 Å². The highest BCUT2D eigenvalue weighted by molar-refractivity contribution is 6.08. The van der Waals surface area contributed by atoms with Crippen LogP contribution in [0.5, 0.6) is 0 Å². The topological polar surface area (TPSA) is 0 Å². The van der Waals surface area contributed by atoms with Crippen LogP contribution in [0, 0.1) is 0 Å². The normalized spacial score (nSPS) is 12.3. The van der Waals surface area contributed by atoms with Crippen LogP contribution in [-0.4, -0.2) is 0 Å². The van der Waals surface area contributed by atoms with E-state index in [9.17, 15) is 0 Å². The molecule has 0 nitrogen and oxygen atoms in total. The first-order chi connectivity index (χ1) is 13.4. The zero-order valence-electron chi connectivity index (χ0n) is 14.9. The summed E-state index contributed by atoms with van der Waals surface area (Å²) in [5.74, 6) is 0. The van der Waals surface area contributed by atoms with Crippen LogP contribution >= 0.6 is 0 Å². The maximum Gasteiger partial charge on any atom is -0.0000885 e. The Morgan fingerprint density at radius 3 is 2.04 bits per heavy atom. The maximum atomic E-state index is 2.37. The molecule has 5 aromatic carbocycles. The average Bonchev–Trinajstić information content (AvgIpc) is 3.14. The van der Waals surface area contributed by atoms with E-state index in [1.807, 2.05) is 0 Å². The van der Waals surface area contributed by atoms with Crippen molar-refractivity contribution in [3.05, 3.63) is 108 Å². The van der Waals surface area contributed by atoms with E-state index in [0.717, 1.165) is 6.42 Å². The van der Waals surface area contributed by atoms with Gasteiger partial charge in [-0.1, -0.05) is 91.0 Å². The lowest BCUT2D eigenvalue weighted by Crippen LogP contribution is -1.90. The van der Waals surface area contributed by atoms with Crippen molar-refractivity contribution in [2.24, 2.45) is 0 Å². The van der Waals surface area contributed by atoms with Gasteiger partial charge in [-0.05, 0) is 67.4 Å². The van der Waals surface area contributed by atoms with Crippen molar-refractivity contribution >= 4 is 21.5 Å². The Balaban J connectivity index is 1.75. The van der Waals surface area contributed by atoms with Gasteiger partial charge in [0.25, 0.3) is 0 Å². The summed E-state index contributed by atoms with van der Waals surface area (Å²) in [5.41, 5.74) is 8.43. The van der Waals surface area contributed by atoms with Crippen LogP contribution in [0.1, 0.15) is 11.1 Å². The Labute approximate surface area is 158 Å². The molecule has 0 unspecified atom stereocenters. The van der Waals surface area contributed by atoms with E-state index in [-0.39, 0.29) is 0 Å². The number of rotatable bonds is 1. The second-order valence-electron chi connectivity index (χ2n) is 7.35.